The van der Waals surface area contributed by atoms with Crippen molar-refractivity contribution in [2.45, 2.75) is 117 Å². The van der Waals surface area contributed by atoms with Crippen LogP contribution in [0.1, 0.15) is 104 Å². The van der Waals surface area contributed by atoms with Gasteiger partial charge in [0.15, 0.2) is 23.1 Å². The van der Waals surface area contributed by atoms with Crippen molar-refractivity contribution in [3.63, 3.8) is 0 Å². The fourth-order valence-corrected chi connectivity index (χ4v) is 7.64. The Morgan fingerprint density at radius 3 is 2.04 bits per heavy atom. The van der Waals surface area contributed by atoms with Crippen molar-refractivity contribution in [3.8, 4) is 5.75 Å². The van der Waals surface area contributed by atoms with Gasteiger partial charge in [-0.25, -0.2) is 0 Å². The van der Waals surface area contributed by atoms with Crippen molar-refractivity contribution in [2.75, 3.05) is 26.7 Å². The number of likely N-dealkylation sites (N-methyl/N-ethyl adjacent to an activating group) is 1. The van der Waals surface area contributed by atoms with Crippen molar-refractivity contribution in [1.82, 2.24) is 26.2 Å². The second-order valence-electron chi connectivity index (χ2n) is 18.5. The van der Waals surface area contributed by atoms with Gasteiger partial charge in [-0.3, -0.25) is 57.5 Å². The van der Waals surface area contributed by atoms with E-state index in [-0.39, 0.29) is 37.9 Å². The summed E-state index contributed by atoms with van der Waals surface area (Å²) in [5.74, 6) is -14.3. The third kappa shape index (κ3) is 19.8. The monoisotopic (exact) mass is 940 g/mol. The lowest BCUT2D eigenvalue weighted by molar-refractivity contribution is -0.141. The van der Waals surface area contributed by atoms with Gasteiger partial charge in [-0.1, -0.05) is 53.2 Å². The molecule has 2 rings (SSSR count). The maximum atomic E-state index is 14.1. The molecule has 1 aliphatic rings. The summed E-state index contributed by atoms with van der Waals surface area (Å²) in [6.07, 6.45) is -3.77. The molecule has 0 bridgehead atoms. The molecule has 11 N–H and O–H groups in total. The maximum absolute atomic E-state index is 14.1. The summed E-state index contributed by atoms with van der Waals surface area (Å²) in [7, 11) is 1.26. The first-order valence-corrected chi connectivity index (χ1v) is 22.3. The predicted octanol–water partition coefficient (Wildman–Crippen LogP) is -0.591. The first kappa shape index (κ1) is 56.6. The maximum Gasteiger partial charge on any atom is 0.236 e. The second kappa shape index (κ2) is 26.6. The number of aromatic hydroxyl groups is 1. The van der Waals surface area contributed by atoms with E-state index >= 15 is 0 Å². The molecule has 0 spiro atoms. The van der Waals surface area contributed by atoms with Gasteiger partial charge in [-0.15, -0.1) is 0 Å². The van der Waals surface area contributed by atoms with E-state index in [0.29, 0.717) is 12.0 Å². The van der Waals surface area contributed by atoms with Crippen molar-refractivity contribution in [1.29, 1.82) is 0 Å². The lowest BCUT2D eigenvalue weighted by Gasteiger charge is -2.30. The molecule has 0 aromatic heterocycles. The highest BCUT2D eigenvalue weighted by Crippen LogP contribution is 2.30. The zero-order valence-corrected chi connectivity index (χ0v) is 39.3. The molecule has 1 saturated heterocycles. The second-order valence-corrected chi connectivity index (χ2v) is 18.5. The summed E-state index contributed by atoms with van der Waals surface area (Å²) >= 11 is 0. The van der Waals surface area contributed by atoms with E-state index in [1.54, 1.807) is 46.8 Å². The highest BCUT2D eigenvalue weighted by molar-refractivity contribution is 5.99. The molecule has 1 aromatic carbocycles. The molecule has 370 valence electrons. The number of phenolic OH excluding ortho intramolecular Hbond substituents is 1. The number of nitrogens with zero attached hydrogens (tertiary/aromatic N) is 1. The number of carbonyl (C=O) groups excluding carboxylic acids is 12. The Balaban J connectivity index is 2.60. The van der Waals surface area contributed by atoms with Crippen molar-refractivity contribution in [3.05, 3.63) is 29.8 Å². The Kier molecular flexibility index (Phi) is 22.4. The van der Waals surface area contributed by atoms with Crippen LogP contribution in [0.4, 0.5) is 0 Å². The molecular weight excluding hydrogens is 873 g/mol. The van der Waals surface area contributed by atoms with Crippen LogP contribution in [-0.2, 0) is 64.0 Å². The molecule has 1 fully saturated rings. The molecule has 1 aromatic rings. The van der Waals surface area contributed by atoms with Crippen molar-refractivity contribution in [2.24, 2.45) is 52.2 Å². The molecule has 67 heavy (non-hydrogen) atoms. The number of ketones is 4. The minimum absolute atomic E-state index is 0.00863. The van der Waals surface area contributed by atoms with Crippen LogP contribution in [-0.4, -0.2) is 119 Å². The molecule has 1 aliphatic heterocycles. The van der Waals surface area contributed by atoms with E-state index in [9.17, 15) is 62.6 Å². The number of nitrogens with two attached hydrogens (primary N) is 3. The van der Waals surface area contributed by atoms with Crippen LogP contribution in [0.3, 0.4) is 0 Å². The zero-order chi connectivity index (χ0) is 50.8. The summed E-state index contributed by atoms with van der Waals surface area (Å²) in [6, 6.07) is 3.07. The van der Waals surface area contributed by atoms with E-state index < -0.39 is 169 Å². The fraction of sp³-hybridized carbons (Fsp3) is 0.609. The lowest BCUT2D eigenvalue weighted by Crippen LogP contribution is -2.50. The smallest absolute Gasteiger partial charge is 0.236 e. The highest BCUT2D eigenvalue weighted by atomic mass is 16.3. The minimum Gasteiger partial charge on any atom is -0.508 e. The SMILES string of the molecule is CC[C@H](C)[C@@H]1NC(=O)[C@H](Cc2ccc(O)cc2)CC(=O)CNC(=O)CC[C@@H](C(=O)N(C)CC(=O)C[C@H](C(=O)NCC(N)=O)C(C)(C)C)CC(=O)[C@H](CC(N)=O)NC(=O)[C@H](CCC(N)=O)CC1=O. The van der Waals surface area contributed by atoms with E-state index in [2.05, 4.69) is 21.3 Å². The third-order valence-corrected chi connectivity index (χ3v) is 11.8. The minimum atomic E-state index is -1.66. The van der Waals surface area contributed by atoms with Crippen LogP contribution < -0.4 is 38.5 Å². The summed E-state index contributed by atoms with van der Waals surface area (Å²) in [4.78, 5) is 160. The van der Waals surface area contributed by atoms with Crippen LogP contribution in [0, 0.1) is 35.0 Å². The van der Waals surface area contributed by atoms with E-state index in [4.69, 9.17) is 17.2 Å². The predicted molar refractivity (Wildman–Crippen MR) is 241 cm³/mol. The number of Topliss-reactive ketones (excluding diaryl/α,β-unsaturated/α-hetero) is 4. The molecule has 21 nitrogen and oxygen atoms in total. The third-order valence-electron chi connectivity index (χ3n) is 11.8. The number of rotatable bonds is 17. The average molecular weight is 941 g/mol. The standard InChI is InChI=1S/C46H68N8O13/c1-7-25(2)41-36(59)18-27(10-14-37(47)60)42(64)52-34(21-38(48)61)35(58)19-28(45(67)54(6)24-32(57)20-33(46(3,4)5)44(66)51-23-39(49)62)11-15-40(63)50-22-31(56)17-29(43(65)53-41)16-26-8-12-30(55)13-9-26/h8-9,12-13,25,27-29,33-34,41,55H,7,10-11,14-24H2,1-6H3,(H2,47,60)(H2,48,61)(H2,49,62)(H,50,63)(H,51,66)(H,52,64)(H,53,65)/t25-,27+,28+,29+,33+,34-,41-/m0/s1. The van der Waals surface area contributed by atoms with Crippen LogP contribution in [0.15, 0.2) is 24.3 Å². The number of hydrogen-bond donors (Lipinski definition) is 8. The van der Waals surface area contributed by atoms with Crippen LogP contribution in [0.25, 0.3) is 0 Å². The zero-order valence-electron chi connectivity index (χ0n) is 39.3. The van der Waals surface area contributed by atoms with Gasteiger partial charge in [0, 0.05) is 69.2 Å². The molecule has 1 heterocycles. The normalized spacial score (nSPS) is 21.7. The first-order valence-electron chi connectivity index (χ1n) is 22.3. The van der Waals surface area contributed by atoms with Gasteiger partial charge in [0.1, 0.15) is 5.75 Å². The van der Waals surface area contributed by atoms with Crippen LogP contribution in [0.5, 0.6) is 5.75 Å². The molecular formula is C46H68N8O13. The summed E-state index contributed by atoms with van der Waals surface area (Å²) in [5.41, 5.74) is 15.9. The van der Waals surface area contributed by atoms with Crippen molar-refractivity contribution >= 4 is 70.4 Å². The largest absolute Gasteiger partial charge is 0.508 e. The summed E-state index contributed by atoms with van der Waals surface area (Å²) in [5, 5.41) is 19.9. The molecule has 0 unspecified atom stereocenters. The average Bonchev–Trinajstić information content (AvgIpc) is 3.24. The molecule has 0 radical (unpaired) electrons. The number of nitrogens with one attached hydrogen (secondary N) is 4. The highest BCUT2D eigenvalue weighted by Gasteiger charge is 2.37. The van der Waals surface area contributed by atoms with Crippen LogP contribution in [0.2, 0.25) is 0 Å². The number of benzene rings is 1. The molecule has 0 saturated carbocycles. The van der Waals surface area contributed by atoms with Crippen molar-refractivity contribution < 1.29 is 62.6 Å². The van der Waals surface area contributed by atoms with Crippen LogP contribution >= 0.6 is 0 Å². The van der Waals surface area contributed by atoms with Gasteiger partial charge < -0.3 is 48.5 Å². The molecule has 21 heteroatoms. The number of primary amides is 3. The Hall–Kier alpha value is -6.54. The van der Waals surface area contributed by atoms with E-state index in [1.807, 2.05) is 0 Å². The number of carbonyl (C=O) groups is 12. The summed E-state index contributed by atoms with van der Waals surface area (Å²) in [6.45, 7) is 7.03. The topological polar surface area (TPSA) is 354 Å². The summed E-state index contributed by atoms with van der Waals surface area (Å²) < 4.78 is 0. The Labute approximate surface area is 390 Å². The molecule has 7 atom stereocenters. The van der Waals surface area contributed by atoms with Gasteiger partial charge in [0.25, 0.3) is 0 Å². The number of hydrogen-bond acceptors (Lipinski definition) is 13. The first-order chi connectivity index (χ1) is 31.2. The number of phenols is 1. The lowest BCUT2D eigenvalue weighted by atomic mass is 9.77. The molecule has 8 amide bonds. The van der Waals surface area contributed by atoms with Gasteiger partial charge >= 0.3 is 0 Å². The van der Waals surface area contributed by atoms with E-state index in [0.717, 1.165) is 4.90 Å². The Bertz CT molecular complexity index is 2020. The molecule has 0 aliphatic carbocycles. The Morgan fingerprint density at radius 2 is 1.48 bits per heavy atom. The number of amides is 8. The van der Waals surface area contributed by atoms with Gasteiger partial charge in [-0.2, -0.15) is 0 Å². The van der Waals surface area contributed by atoms with E-state index in [1.165, 1.54) is 19.2 Å². The van der Waals surface area contributed by atoms with Gasteiger partial charge in [-0.05, 0) is 48.3 Å². The Morgan fingerprint density at radius 1 is 0.851 bits per heavy atom. The quantitative estimate of drug-likeness (QED) is 0.0970. The van der Waals surface area contributed by atoms with Gasteiger partial charge in [0.05, 0.1) is 38.1 Å². The van der Waals surface area contributed by atoms with Gasteiger partial charge in [0.2, 0.25) is 47.3 Å². The fourth-order valence-electron chi connectivity index (χ4n) is 7.64.